The maximum absolute atomic E-state index is 14.2. The normalized spacial score (nSPS) is 11.9. The van der Waals surface area contributed by atoms with Crippen molar-refractivity contribution in [1.82, 2.24) is 10.2 Å². The van der Waals surface area contributed by atoms with E-state index in [4.69, 9.17) is 0 Å². The smallest absolute Gasteiger partial charge is 0.242 e. The second-order valence-electron chi connectivity index (χ2n) is 7.62. The Morgan fingerprint density at radius 1 is 1.00 bits per heavy atom. The molecule has 1 unspecified atom stereocenters. The molecule has 0 heterocycles. The van der Waals surface area contributed by atoms with Gasteiger partial charge in [0.05, 0.1) is 0 Å². The van der Waals surface area contributed by atoms with E-state index in [1.165, 1.54) is 16.5 Å². The molecule has 2 amide bonds. The predicted molar refractivity (Wildman–Crippen MR) is 114 cm³/mol. The summed E-state index contributed by atoms with van der Waals surface area (Å²) in [5.74, 6) is -0.784. The van der Waals surface area contributed by atoms with Crippen molar-refractivity contribution in [3.63, 3.8) is 0 Å². The van der Waals surface area contributed by atoms with Crippen LogP contribution in [0.1, 0.15) is 50.8 Å². The molecule has 0 saturated heterocycles. The molecule has 0 aromatic heterocycles. The van der Waals surface area contributed by atoms with Gasteiger partial charge < -0.3 is 10.2 Å². The third-order valence-corrected chi connectivity index (χ3v) is 4.96. The largest absolute Gasteiger partial charge is 0.352 e. The molecule has 1 atom stereocenters. The lowest BCUT2D eigenvalue weighted by molar-refractivity contribution is -0.140. The number of carbonyl (C=O) groups excluding carboxylic acids is 2. The molecule has 0 fully saturated rings. The van der Waals surface area contributed by atoms with Crippen LogP contribution in [0.25, 0.3) is 0 Å². The summed E-state index contributed by atoms with van der Waals surface area (Å²) in [7, 11) is 0. The van der Waals surface area contributed by atoms with Crippen LogP contribution < -0.4 is 5.32 Å². The Labute approximate surface area is 173 Å². The fraction of sp³-hybridized carbons (Fsp3) is 0.417. The summed E-state index contributed by atoms with van der Waals surface area (Å²) >= 11 is 0. The molecular weight excluding hydrogens is 367 g/mol. The Morgan fingerprint density at radius 2 is 1.62 bits per heavy atom. The zero-order valence-electron chi connectivity index (χ0n) is 17.7. The van der Waals surface area contributed by atoms with Crippen LogP contribution in [-0.4, -0.2) is 28.8 Å². The van der Waals surface area contributed by atoms with E-state index in [-0.39, 0.29) is 36.6 Å². The van der Waals surface area contributed by atoms with Gasteiger partial charge in [-0.2, -0.15) is 0 Å². The van der Waals surface area contributed by atoms with Crippen molar-refractivity contribution in [2.24, 2.45) is 0 Å². The molecule has 0 aliphatic rings. The molecular formula is C24H31FN2O2. The van der Waals surface area contributed by atoms with Crippen LogP contribution in [0.2, 0.25) is 0 Å². The number of rotatable bonds is 9. The Morgan fingerprint density at radius 3 is 2.21 bits per heavy atom. The van der Waals surface area contributed by atoms with Gasteiger partial charge in [-0.25, -0.2) is 4.39 Å². The molecule has 0 spiro atoms. The Bertz CT molecular complexity index is 818. The zero-order chi connectivity index (χ0) is 21.4. The lowest BCUT2D eigenvalue weighted by atomic mass is 10.0. The average molecular weight is 399 g/mol. The minimum absolute atomic E-state index is 0.0348. The van der Waals surface area contributed by atoms with E-state index in [1.54, 1.807) is 25.1 Å². The number of amides is 2. The first kappa shape index (κ1) is 22.6. The van der Waals surface area contributed by atoms with Gasteiger partial charge in [-0.15, -0.1) is 0 Å². The van der Waals surface area contributed by atoms with E-state index >= 15 is 0 Å². The van der Waals surface area contributed by atoms with Gasteiger partial charge in [0.25, 0.3) is 0 Å². The van der Waals surface area contributed by atoms with Crippen molar-refractivity contribution in [1.29, 1.82) is 0 Å². The lowest BCUT2D eigenvalue weighted by Crippen LogP contribution is -2.49. The van der Waals surface area contributed by atoms with Crippen LogP contribution >= 0.6 is 0 Å². The number of aryl methyl sites for hydroxylation is 2. The first-order valence-electron chi connectivity index (χ1n) is 10.2. The van der Waals surface area contributed by atoms with E-state index in [0.29, 0.717) is 12.0 Å². The second kappa shape index (κ2) is 10.7. The Kier molecular flexibility index (Phi) is 8.37. The van der Waals surface area contributed by atoms with Crippen molar-refractivity contribution in [3.05, 3.63) is 71.0 Å². The fourth-order valence-electron chi connectivity index (χ4n) is 3.13. The molecule has 2 rings (SSSR count). The topological polar surface area (TPSA) is 49.4 Å². The Balaban J connectivity index is 2.14. The SMILES string of the molecule is CCc1ccc(CCC(=O)N(Cc2ccccc2F)C(C)C(=O)NC(C)C)cc1. The molecule has 1 N–H and O–H groups in total. The van der Waals surface area contributed by atoms with Crippen LogP contribution in [0.15, 0.2) is 48.5 Å². The number of carbonyl (C=O) groups is 2. The van der Waals surface area contributed by atoms with Gasteiger partial charge in [-0.05, 0) is 50.8 Å². The molecule has 2 aromatic carbocycles. The predicted octanol–water partition coefficient (Wildman–Crippen LogP) is 4.26. The maximum atomic E-state index is 14.2. The third-order valence-electron chi connectivity index (χ3n) is 4.96. The standard InChI is InChI=1S/C24H31FN2O2/c1-5-19-10-12-20(13-11-19)14-15-23(28)27(18(4)24(29)26-17(2)3)16-21-8-6-7-9-22(21)25/h6-13,17-18H,5,14-16H2,1-4H3,(H,26,29). The molecule has 0 saturated carbocycles. The molecule has 5 heteroatoms. The summed E-state index contributed by atoms with van der Waals surface area (Å²) in [4.78, 5) is 27.0. The summed E-state index contributed by atoms with van der Waals surface area (Å²) in [6.45, 7) is 7.59. The monoisotopic (exact) mass is 398 g/mol. The van der Waals surface area contributed by atoms with Gasteiger partial charge in [-0.1, -0.05) is 49.4 Å². The number of nitrogens with zero attached hydrogens (tertiary/aromatic N) is 1. The third kappa shape index (κ3) is 6.70. The molecule has 0 aliphatic heterocycles. The first-order valence-corrected chi connectivity index (χ1v) is 10.2. The van der Waals surface area contributed by atoms with Crippen molar-refractivity contribution in [2.45, 2.75) is 65.6 Å². The highest BCUT2D eigenvalue weighted by Crippen LogP contribution is 2.16. The number of nitrogens with one attached hydrogen (secondary N) is 1. The second-order valence-corrected chi connectivity index (χ2v) is 7.62. The van der Waals surface area contributed by atoms with Crippen LogP contribution in [0, 0.1) is 5.82 Å². The number of benzene rings is 2. The van der Waals surface area contributed by atoms with Crippen molar-refractivity contribution < 1.29 is 14.0 Å². The van der Waals surface area contributed by atoms with Crippen LogP contribution in [0.5, 0.6) is 0 Å². The summed E-state index contributed by atoms with van der Waals surface area (Å²) in [5.41, 5.74) is 2.72. The van der Waals surface area contributed by atoms with E-state index in [2.05, 4.69) is 24.4 Å². The maximum Gasteiger partial charge on any atom is 0.242 e. The van der Waals surface area contributed by atoms with Gasteiger partial charge >= 0.3 is 0 Å². The summed E-state index contributed by atoms with van der Waals surface area (Å²) in [6.07, 6.45) is 1.81. The van der Waals surface area contributed by atoms with Gasteiger partial charge in [0.15, 0.2) is 0 Å². The summed E-state index contributed by atoms with van der Waals surface area (Å²) < 4.78 is 14.2. The van der Waals surface area contributed by atoms with Gasteiger partial charge in [-0.3, -0.25) is 9.59 Å². The van der Waals surface area contributed by atoms with Gasteiger partial charge in [0.1, 0.15) is 11.9 Å². The zero-order valence-corrected chi connectivity index (χ0v) is 17.7. The molecule has 0 radical (unpaired) electrons. The number of hydrogen-bond acceptors (Lipinski definition) is 2. The molecule has 4 nitrogen and oxygen atoms in total. The molecule has 2 aromatic rings. The van der Waals surface area contributed by atoms with Crippen LogP contribution in [0.3, 0.4) is 0 Å². The van der Waals surface area contributed by atoms with E-state index in [1.807, 2.05) is 26.0 Å². The van der Waals surface area contributed by atoms with Crippen molar-refractivity contribution in [2.75, 3.05) is 0 Å². The van der Waals surface area contributed by atoms with Crippen molar-refractivity contribution >= 4 is 11.8 Å². The highest BCUT2D eigenvalue weighted by molar-refractivity contribution is 5.87. The molecule has 29 heavy (non-hydrogen) atoms. The van der Waals surface area contributed by atoms with Crippen molar-refractivity contribution in [3.8, 4) is 0 Å². The minimum atomic E-state index is -0.688. The lowest BCUT2D eigenvalue weighted by Gasteiger charge is -2.29. The first-order chi connectivity index (χ1) is 13.8. The number of hydrogen-bond donors (Lipinski definition) is 1. The summed E-state index contributed by atoms with van der Waals surface area (Å²) in [5, 5.41) is 2.84. The van der Waals surface area contributed by atoms with E-state index < -0.39 is 6.04 Å². The van der Waals surface area contributed by atoms with Crippen LogP contribution in [-0.2, 0) is 29.0 Å². The highest BCUT2D eigenvalue weighted by Gasteiger charge is 2.26. The van der Waals surface area contributed by atoms with E-state index in [9.17, 15) is 14.0 Å². The van der Waals surface area contributed by atoms with Crippen LogP contribution in [0.4, 0.5) is 4.39 Å². The van der Waals surface area contributed by atoms with E-state index in [0.717, 1.165) is 12.0 Å². The quantitative estimate of drug-likeness (QED) is 0.686. The van der Waals surface area contributed by atoms with Gasteiger partial charge in [0, 0.05) is 24.6 Å². The number of halogens is 1. The molecule has 156 valence electrons. The molecule has 0 bridgehead atoms. The highest BCUT2D eigenvalue weighted by atomic mass is 19.1. The average Bonchev–Trinajstić information content (AvgIpc) is 2.70. The Hall–Kier alpha value is -2.69. The minimum Gasteiger partial charge on any atom is -0.352 e. The summed E-state index contributed by atoms with van der Waals surface area (Å²) in [6, 6.07) is 13.8. The van der Waals surface area contributed by atoms with Gasteiger partial charge in [0.2, 0.25) is 11.8 Å². The fourth-order valence-corrected chi connectivity index (χ4v) is 3.13. The molecule has 0 aliphatic carbocycles.